The molecule has 0 aliphatic carbocycles. The lowest BCUT2D eigenvalue weighted by Gasteiger charge is -2.10. The van der Waals surface area contributed by atoms with Gasteiger partial charge in [0.2, 0.25) is 0 Å². The number of nitriles is 1. The van der Waals surface area contributed by atoms with E-state index in [-0.39, 0.29) is 5.39 Å². The molecule has 5 rings (SSSR count). The van der Waals surface area contributed by atoms with E-state index in [9.17, 15) is 18.4 Å². The van der Waals surface area contributed by atoms with E-state index in [1.165, 1.54) is 11.0 Å². The normalized spacial score (nSPS) is 11.8. The summed E-state index contributed by atoms with van der Waals surface area (Å²) in [6, 6.07) is 11.9. The quantitative estimate of drug-likeness (QED) is 0.375. The van der Waals surface area contributed by atoms with Gasteiger partial charge in [-0.15, -0.1) is 0 Å². The molecule has 0 bridgehead atoms. The molecule has 0 unspecified atom stereocenters. The Hall–Kier alpha value is -4.39. The summed E-state index contributed by atoms with van der Waals surface area (Å²) < 4.78 is 47.0. The third-order valence-corrected chi connectivity index (χ3v) is 5.63. The third-order valence-electron chi connectivity index (χ3n) is 5.63. The van der Waals surface area contributed by atoms with Crippen molar-refractivity contribution in [3.63, 3.8) is 0 Å². The topological polar surface area (TPSA) is 77.2 Å². The molecule has 0 saturated carbocycles. The third kappa shape index (κ3) is 3.51. The average molecular weight is 461 g/mol. The molecule has 34 heavy (non-hydrogen) atoms. The molecule has 0 spiro atoms. The minimum Gasteiger partial charge on any atom is -0.305 e. The number of halogens is 3. The predicted octanol–water partition coefficient (Wildman–Crippen LogP) is 5.06. The first-order valence-corrected chi connectivity index (χ1v) is 10.5. The molecule has 0 saturated heterocycles. The molecule has 0 amide bonds. The lowest BCUT2D eigenvalue weighted by atomic mass is 10.1. The van der Waals surface area contributed by atoms with Gasteiger partial charge in [-0.2, -0.15) is 28.6 Å². The summed E-state index contributed by atoms with van der Waals surface area (Å²) in [7, 11) is 1.78. The van der Waals surface area contributed by atoms with Crippen LogP contribution in [0.15, 0.2) is 61.3 Å². The van der Waals surface area contributed by atoms with Crippen molar-refractivity contribution >= 4 is 10.9 Å². The standard InChI is InChI=1S/C24H18F3N7/c1-3-16-9-15(10-28)7-8-19(16)34-21-6-4-5-20(22(21)23(31-34)24(25,26)27)33-13-18(29-14-33)17-11-30-32(2)12-17/h4-9,11-14H,3H2,1-2H3. The molecule has 2 aromatic carbocycles. The van der Waals surface area contributed by atoms with E-state index in [1.807, 2.05) is 6.92 Å². The van der Waals surface area contributed by atoms with Gasteiger partial charge in [-0.05, 0) is 42.3 Å². The van der Waals surface area contributed by atoms with Gasteiger partial charge in [0.05, 0.1) is 52.1 Å². The van der Waals surface area contributed by atoms with Crippen LogP contribution < -0.4 is 0 Å². The van der Waals surface area contributed by atoms with E-state index in [4.69, 9.17) is 0 Å². The molecule has 3 heterocycles. The first-order valence-electron chi connectivity index (χ1n) is 10.5. The maximum absolute atomic E-state index is 14.2. The van der Waals surface area contributed by atoms with Crippen molar-refractivity contribution in [2.24, 2.45) is 7.05 Å². The highest BCUT2D eigenvalue weighted by Gasteiger charge is 2.38. The number of hydrogen-bond donors (Lipinski definition) is 0. The van der Waals surface area contributed by atoms with Crippen LogP contribution in [0.25, 0.3) is 33.5 Å². The number of rotatable bonds is 4. The molecule has 10 heteroatoms. The maximum Gasteiger partial charge on any atom is 0.435 e. The smallest absolute Gasteiger partial charge is 0.305 e. The average Bonchev–Trinajstić information content (AvgIpc) is 3.56. The van der Waals surface area contributed by atoms with E-state index in [2.05, 4.69) is 21.3 Å². The first-order chi connectivity index (χ1) is 16.3. The van der Waals surface area contributed by atoms with Crippen molar-refractivity contribution in [1.29, 1.82) is 5.26 Å². The van der Waals surface area contributed by atoms with Gasteiger partial charge in [-0.25, -0.2) is 9.67 Å². The summed E-state index contributed by atoms with van der Waals surface area (Å²) in [4.78, 5) is 4.36. The Kier molecular flexibility index (Phi) is 4.97. The minimum absolute atomic E-state index is 0.0310. The number of aryl methyl sites for hydroxylation is 2. The van der Waals surface area contributed by atoms with Crippen LogP contribution in [0.4, 0.5) is 13.2 Å². The molecule has 0 N–H and O–H groups in total. The summed E-state index contributed by atoms with van der Waals surface area (Å²) in [6.45, 7) is 1.88. The highest BCUT2D eigenvalue weighted by atomic mass is 19.4. The Labute approximate surface area is 192 Å². The van der Waals surface area contributed by atoms with E-state index in [0.29, 0.717) is 34.6 Å². The lowest BCUT2D eigenvalue weighted by Crippen LogP contribution is -2.09. The van der Waals surface area contributed by atoms with E-state index in [0.717, 1.165) is 11.1 Å². The van der Waals surface area contributed by atoms with Crippen LogP contribution >= 0.6 is 0 Å². The number of hydrogen-bond acceptors (Lipinski definition) is 4. The zero-order valence-corrected chi connectivity index (χ0v) is 18.2. The fraction of sp³-hybridized carbons (Fsp3) is 0.167. The first kappa shape index (κ1) is 21.5. The summed E-state index contributed by atoms with van der Waals surface area (Å²) in [5.41, 5.74) is 2.64. The molecule has 0 aliphatic rings. The van der Waals surface area contributed by atoms with Crippen LogP contribution in [0.3, 0.4) is 0 Å². The van der Waals surface area contributed by atoms with Gasteiger partial charge in [0, 0.05) is 25.0 Å². The zero-order valence-electron chi connectivity index (χ0n) is 18.2. The van der Waals surface area contributed by atoms with Gasteiger partial charge >= 0.3 is 6.18 Å². The van der Waals surface area contributed by atoms with Crippen LogP contribution in [0, 0.1) is 11.3 Å². The molecular weight excluding hydrogens is 443 g/mol. The monoisotopic (exact) mass is 461 g/mol. The van der Waals surface area contributed by atoms with Gasteiger partial charge < -0.3 is 4.57 Å². The predicted molar refractivity (Wildman–Crippen MR) is 119 cm³/mol. The van der Waals surface area contributed by atoms with Crippen molar-refractivity contribution in [2.75, 3.05) is 0 Å². The Morgan fingerprint density at radius 3 is 2.59 bits per heavy atom. The van der Waals surface area contributed by atoms with E-state index < -0.39 is 11.9 Å². The summed E-state index contributed by atoms with van der Waals surface area (Å²) >= 11 is 0. The molecule has 0 fully saturated rings. The van der Waals surface area contributed by atoms with E-state index >= 15 is 0 Å². The second-order valence-corrected chi connectivity index (χ2v) is 7.81. The number of benzene rings is 2. The van der Waals surface area contributed by atoms with Crippen molar-refractivity contribution in [3.05, 3.63) is 78.1 Å². The van der Waals surface area contributed by atoms with Crippen LogP contribution in [0.2, 0.25) is 0 Å². The van der Waals surface area contributed by atoms with Gasteiger partial charge in [-0.3, -0.25) is 4.68 Å². The Bertz CT molecular complexity index is 1560. The van der Waals surface area contributed by atoms with Crippen molar-refractivity contribution in [3.8, 4) is 28.7 Å². The highest BCUT2D eigenvalue weighted by Crippen LogP contribution is 2.38. The molecular formula is C24H18F3N7. The highest BCUT2D eigenvalue weighted by molar-refractivity contribution is 5.92. The van der Waals surface area contributed by atoms with Gasteiger partial charge in [0.25, 0.3) is 0 Å². The Morgan fingerprint density at radius 2 is 1.91 bits per heavy atom. The minimum atomic E-state index is -4.68. The molecule has 0 atom stereocenters. The van der Waals surface area contributed by atoms with Crippen molar-refractivity contribution in [1.82, 2.24) is 29.1 Å². The number of imidazole rings is 1. The summed E-state index contributed by atoms with van der Waals surface area (Å²) in [5.74, 6) is 0. The summed E-state index contributed by atoms with van der Waals surface area (Å²) in [5, 5.41) is 17.3. The molecule has 0 aliphatic heterocycles. The fourth-order valence-corrected chi connectivity index (χ4v) is 4.05. The number of alkyl halides is 3. The van der Waals surface area contributed by atoms with Crippen LogP contribution in [-0.2, 0) is 19.6 Å². The van der Waals surface area contributed by atoms with Crippen molar-refractivity contribution < 1.29 is 13.2 Å². The molecule has 0 radical (unpaired) electrons. The van der Waals surface area contributed by atoms with Crippen LogP contribution in [-0.4, -0.2) is 29.1 Å². The second kappa shape index (κ2) is 7.88. The Balaban J connectivity index is 1.75. The number of fused-ring (bicyclic) bond motifs is 1. The lowest BCUT2D eigenvalue weighted by molar-refractivity contribution is -0.140. The summed E-state index contributed by atoms with van der Waals surface area (Å²) in [6.07, 6.45) is 2.43. The molecule has 5 aromatic rings. The van der Waals surface area contributed by atoms with Gasteiger partial charge in [0.15, 0.2) is 5.69 Å². The molecule has 3 aromatic heterocycles. The zero-order chi connectivity index (χ0) is 24.0. The molecule has 7 nitrogen and oxygen atoms in total. The van der Waals surface area contributed by atoms with E-state index in [1.54, 1.807) is 71.3 Å². The maximum atomic E-state index is 14.2. The fourth-order valence-electron chi connectivity index (χ4n) is 4.05. The van der Waals surface area contributed by atoms with Crippen molar-refractivity contribution in [2.45, 2.75) is 19.5 Å². The number of aromatic nitrogens is 6. The SMILES string of the molecule is CCc1cc(C#N)ccc1-n1nc(C(F)(F)F)c2c(-n3cnc(-c4cnn(C)c4)c3)cccc21. The molecule has 170 valence electrons. The Morgan fingerprint density at radius 1 is 1.09 bits per heavy atom. The van der Waals surface area contributed by atoms with Crippen LogP contribution in [0.1, 0.15) is 23.7 Å². The van der Waals surface area contributed by atoms with Gasteiger partial charge in [0.1, 0.15) is 0 Å². The largest absolute Gasteiger partial charge is 0.435 e. The van der Waals surface area contributed by atoms with Crippen LogP contribution in [0.5, 0.6) is 0 Å². The second-order valence-electron chi connectivity index (χ2n) is 7.81. The van der Waals surface area contributed by atoms with Gasteiger partial charge in [-0.1, -0.05) is 13.0 Å². The number of nitrogens with zero attached hydrogens (tertiary/aromatic N) is 7.